The molecule has 1 aromatic carbocycles. The summed E-state index contributed by atoms with van der Waals surface area (Å²) < 4.78 is 0. The Morgan fingerprint density at radius 3 is 2.48 bits per heavy atom. The summed E-state index contributed by atoms with van der Waals surface area (Å²) in [4.78, 5) is 18.8. The van der Waals surface area contributed by atoms with Gasteiger partial charge in [0.15, 0.2) is 6.20 Å². The van der Waals surface area contributed by atoms with Crippen molar-refractivity contribution < 1.29 is 4.92 Å². The van der Waals surface area contributed by atoms with Crippen LogP contribution in [-0.4, -0.2) is 41.0 Å². The second-order valence-electron chi connectivity index (χ2n) is 5.82. The van der Waals surface area contributed by atoms with Gasteiger partial charge in [-0.05, 0) is 34.0 Å². The second kappa shape index (κ2) is 6.75. The summed E-state index contributed by atoms with van der Waals surface area (Å²) >= 11 is 0. The maximum absolute atomic E-state index is 10.7. The molecule has 0 N–H and O–H groups in total. The van der Waals surface area contributed by atoms with E-state index in [4.69, 9.17) is 0 Å². The molecular formula is C17H20N4O2. The quantitative estimate of drug-likeness (QED) is 0.641. The Bertz CT molecular complexity index is 679. The van der Waals surface area contributed by atoms with Crippen LogP contribution < -0.4 is 4.90 Å². The van der Waals surface area contributed by atoms with E-state index >= 15 is 0 Å². The second-order valence-corrected chi connectivity index (χ2v) is 5.82. The van der Waals surface area contributed by atoms with Gasteiger partial charge in [0, 0.05) is 38.8 Å². The highest BCUT2D eigenvalue weighted by molar-refractivity contribution is 5.47. The third-order valence-electron chi connectivity index (χ3n) is 4.31. The first-order chi connectivity index (χ1) is 11.1. The van der Waals surface area contributed by atoms with Crippen molar-refractivity contribution in [2.24, 2.45) is 0 Å². The smallest absolute Gasteiger partial charge is 0.363 e. The fourth-order valence-corrected chi connectivity index (χ4v) is 2.87. The molecule has 0 amide bonds. The normalized spacial score (nSPS) is 15.6. The predicted molar refractivity (Wildman–Crippen MR) is 89.6 cm³/mol. The number of piperazine rings is 1. The molecule has 23 heavy (non-hydrogen) atoms. The molecule has 3 rings (SSSR count). The van der Waals surface area contributed by atoms with Gasteiger partial charge in [-0.15, -0.1) is 0 Å². The summed E-state index contributed by atoms with van der Waals surface area (Å²) in [5, 5.41) is 10.7. The first-order valence-electron chi connectivity index (χ1n) is 7.76. The Kier molecular flexibility index (Phi) is 4.52. The van der Waals surface area contributed by atoms with Gasteiger partial charge in [0.25, 0.3) is 0 Å². The third kappa shape index (κ3) is 3.65. The maximum Gasteiger partial charge on any atom is 0.363 e. The largest absolute Gasteiger partial charge is 0.366 e. The van der Waals surface area contributed by atoms with Gasteiger partial charge in [-0.2, -0.15) is 0 Å². The number of hydrogen-bond acceptors (Lipinski definition) is 5. The van der Waals surface area contributed by atoms with E-state index in [1.807, 2.05) is 0 Å². The van der Waals surface area contributed by atoms with Crippen molar-refractivity contribution in [1.29, 1.82) is 0 Å². The van der Waals surface area contributed by atoms with Crippen LogP contribution in [0, 0.1) is 17.0 Å². The standard InChI is InChI=1S/C17H20N4O2/c1-14-4-2-3-5-15(14)13-19-8-10-20(11-9-19)16-6-7-17(18-12-16)21(22)23/h2-7,12H,8-11,13H2,1H3. The molecular weight excluding hydrogens is 292 g/mol. The zero-order chi connectivity index (χ0) is 16.2. The Morgan fingerprint density at radius 2 is 1.87 bits per heavy atom. The molecule has 0 saturated carbocycles. The lowest BCUT2D eigenvalue weighted by atomic mass is 10.1. The Labute approximate surface area is 135 Å². The summed E-state index contributed by atoms with van der Waals surface area (Å²) in [5.74, 6) is -0.105. The fourth-order valence-electron chi connectivity index (χ4n) is 2.87. The summed E-state index contributed by atoms with van der Waals surface area (Å²) in [7, 11) is 0. The molecule has 1 aromatic heterocycles. The van der Waals surface area contributed by atoms with Crippen LogP contribution in [-0.2, 0) is 6.54 Å². The number of nitrogens with zero attached hydrogens (tertiary/aromatic N) is 4. The SMILES string of the molecule is Cc1ccccc1CN1CCN(c2ccc([N+](=O)[O-])nc2)CC1. The highest BCUT2D eigenvalue weighted by Gasteiger charge is 2.19. The molecule has 1 aliphatic heterocycles. The van der Waals surface area contributed by atoms with E-state index in [0.29, 0.717) is 0 Å². The number of aryl methyl sites for hydroxylation is 1. The molecule has 0 aliphatic carbocycles. The average molecular weight is 312 g/mol. The molecule has 1 aliphatic rings. The number of benzene rings is 1. The molecule has 6 heteroatoms. The van der Waals surface area contributed by atoms with Crippen molar-refractivity contribution in [1.82, 2.24) is 9.88 Å². The summed E-state index contributed by atoms with van der Waals surface area (Å²) in [6.45, 7) is 6.89. The van der Waals surface area contributed by atoms with Crippen LogP contribution in [0.2, 0.25) is 0 Å². The summed E-state index contributed by atoms with van der Waals surface area (Å²) in [5.41, 5.74) is 3.65. The van der Waals surface area contributed by atoms with Crippen molar-refractivity contribution in [3.63, 3.8) is 0 Å². The first-order valence-corrected chi connectivity index (χ1v) is 7.76. The summed E-state index contributed by atoms with van der Waals surface area (Å²) in [6.07, 6.45) is 1.59. The zero-order valence-corrected chi connectivity index (χ0v) is 13.2. The number of aromatic nitrogens is 1. The number of rotatable bonds is 4. The van der Waals surface area contributed by atoms with Gasteiger partial charge in [0.2, 0.25) is 0 Å². The minimum atomic E-state index is -0.468. The van der Waals surface area contributed by atoms with E-state index in [9.17, 15) is 10.1 Å². The highest BCUT2D eigenvalue weighted by Crippen LogP contribution is 2.19. The van der Waals surface area contributed by atoms with Gasteiger partial charge in [-0.25, -0.2) is 0 Å². The molecule has 0 radical (unpaired) electrons. The monoisotopic (exact) mass is 312 g/mol. The Hall–Kier alpha value is -2.47. The molecule has 0 bridgehead atoms. The summed E-state index contributed by atoms with van der Waals surface area (Å²) in [6, 6.07) is 11.7. The average Bonchev–Trinajstić information content (AvgIpc) is 2.58. The zero-order valence-electron chi connectivity index (χ0n) is 13.2. The van der Waals surface area contributed by atoms with Crippen LogP contribution in [0.4, 0.5) is 11.5 Å². The Balaban J connectivity index is 1.58. The van der Waals surface area contributed by atoms with E-state index in [2.05, 4.69) is 46.0 Å². The fraction of sp³-hybridized carbons (Fsp3) is 0.353. The van der Waals surface area contributed by atoms with Crippen molar-refractivity contribution in [3.8, 4) is 0 Å². The van der Waals surface area contributed by atoms with Crippen LogP contribution >= 0.6 is 0 Å². The van der Waals surface area contributed by atoms with Crippen molar-refractivity contribution in [3.05, 3.63) is 63.8 Å². The highest BCUT2D eigenvalue weighted by atomic mass is 16.6. The molecule has 0 spiro atoms. The topological polar surface area (TPSA) is 62.5 Å². The molecule has 120 valence electrons. The molecule has 0 unspecified atom stereocenters. The van der Waals surface area contributed by atoms with Crippen molar-refractivity contribution in [2.75, 3.05) is 31.1 Å². The molecule has 6 nitrogen and oxygen atoms in total. The predicted octanol–water partition coefficient (Wildman–Crippen LogP) is 2.62. The first kappa shape index (κ1) is 15.4. The lowest BCUT2D eigenvalue weighted by Crippen LogP contribution is -2.46. The van der Waals surface area contributed by atoms with Gasteiger partial charge >= 0.3 is 5.82 Å². The van der Waals surface area contributed by atoms with E-state index in [0.717, 1.165) is 38.4 Å². The van der Waals surface area contributed by atoms with Gasteiger partial charge in [-0.3, -0.25) is 4.90 Å². The van der Waals surface area contributed by atoms with Gasteiger partial charge in [0.1, 0.15) is 0 Å². The van der Waals surface area contributed by atoms with Crippen LogP contribution in [0.1, 0.15) is 11.1 Å². The molecule has 1 saturated heterocycles. The lowest BCUT2D eigenvalue weighted by Gasteiger charge is -2.35. The number of hydrogen-bond donors (Lipinski definition) is 0. The molecule has 2 aromatic rings. The molecule has 0 atom stereocenters. The van der Waals surface area contributed by atoms with Gasteiger partial charge in [-0.1, -0.05) is 24.3 Å². The Morgan fingerprint density at radius 1 is 1.13 bits per heavy atom. The minimum absolute atomic E-state index is 0.105. The van der Waals surface area contributed by atoms with Crippen molar-refractivity contribution >= 4 is 11.5 Å². The number of nitro groups is 1. The molecule has 1 fully saturated rings. The van der Waals surface area contributed by atoms with Gasteiger partial charge < -0.3 is 15.0 Å². The minimum Gasteiger partial charge on any atom is -0.366 e. The van der Waals surface area contributed by atoms with Crippen LogP contribution in [0.3, 0.4) is 0 Å². The van der Waals surface area contributed by atoms with Crippen LogP contribution in [0.15, 0.2) is 42.6 Å². The lowest BCUT2D eigenvalue weighted by molar-refractivity contribution is -0.389. The number of pyridine rings is 1. The van der Waals surface area contributed by atoms with E-state index in [-0.39, 0.29) is 5.82 Å². The van der Waals surface area contributed by atoms with Crippen LogP contribution in [0.25, 0.3) is 0 Å². The maximum atomic E-state index is 10.7. The van der Waals surface area contributed by atoms with Crippen molar-refractivity contribution in [2.45, 2.75) is 13.5 Å². The van der Waals surface area contributed by atoms with Gasteiger partial charge in [0.05, 0.1) is 5.69 Å². The van der Waals surface area contributed by atoms with Crippen LogP contribution in [0.5, 0.6) is 0 Å². The van der Waals surface area contributed by atoms with E-state index in [1.54, 1.807) is 12.3 Å². The van der Waals surface area contributed by atoms with E-state index < -0.39 is 4.92 Å². The van der Waals surface area contributed by atoms with E-state index in [1.165, 1.54) is 17.2 Å². The third-order valence-corrected chi connectivity index (χ3v) is 4.31. The number of anilines is 1. The molecule has 2 heterocycles.